The van der Waals surface area contributed by atoms with Gasteiger partial charge in [-0.25, -0.2) is 0 Å². The maximum atomic E-state index is 10.2. The van der Waals surface area contributed by atoms with E-state index in [-0.39, 0.29) is 6.42 Å². The molecule has 0 saturated carbocycles. The molecule has 0 aliphatic carbocycles. The van der Waals surface area contributed by atoms with Crippen LogP contribution in [0.5, 0.6) is 0 Å². The molecule has 0 rings (SSSR count). The van der Waals surface area contributed by atoms with Crippen LogP contribution in [0, 0.1) is 0 Å². The molecule has 0 unspecified atom stereocenters. The van der Waals surface area contributed by atoms with Crippen LogP contribution in [0.4, 0.5) is 0 Å². The van der Waals surface area contributed by atoms with Crippen molar-refractivity contribution in [2.24, 2.45) is 0 Å². The van der Waals surface area contributed by atoms with Crippen LogP contribution in [0.15, 0.2) is 67.0 Å². The molecule has 0 bridgehead atoms. The number of carboxylic acids is 1. The Labute approximate surface area is 96.3 Å². The van der Waals surface area contributed by atoms with Crippen molar-refractivity contribution in [2.75, 3.05) is 0 Å². The molecule has 2 heteroatoms. The lowest BCUT2D eigenvalue weighted by atomic mass is 10.3. The summed E-state index contributed by atoms with van der Waals surface area (Å²) in [6.07, 6.45) is 17.3. The Balaban J connectivity index is 3.68. The predicted molar refractivity (Wildman–Crippen MR) is 67.1 cm³/mol. The molecule has 0 fully saturated rings. The van der Waals surface area contributed by atoms with E-state index >= 15 is 0 Å². The average Bonchev–Trinajstić information content (AvgIpc) is 2.25. The summed E-state index contributed by atoms with van der Waals surface area (Å²) in [4.78, 5) is 10.2. The van der Waals surface area contributed by atoms with Crippen LogP contribution in [0.25, 0.3) is 0 Å². The molecule has 2 nitrogen and oxygen atoms in total. The van der Waals surface area contributed by atoms with Crippen molar-refractivity contribution in [3.8, 4) is 0 Å². The molecule has 0 aliphatic rings. The van der Waals surface area contributed by atoms with Crippen LogP contribution < -0.4 is 0 Å². The van der Waals surface area contributed by atoms with E-state index in [0.717, 1.165) is 0 Å². The van der Waals surface area contributed by atoms with Crippen LogP contribution in [-0.4, -0.2) is 11.1 Å². The van der Waals surface area contributed by atoms with Crippen LogP contribution in [-0.2, 0) is 4.79 Å². The molecule has 0 aromatic heterocycles. The molecule has 0 radical (unpaired) electrons. The smallest absolute Gasteiger partial charge is 0.303 e. The molecule has 16 heavy (non-hydrogen) atoms. The minimum Gasteiger partial charge on any atom is -0.481 e. The first kappa shape index (κ1) is 14.0. The van der Waals surface area contributed by atoms with Crippen LogP contribution in [0.3, 0.4) is 0 Å². The molecule has 0 atom stereocenters. The Morgan fingerprint density at radius 3 is 2.19 bits per heavy atom. The molecule has 0 aromatic rings. The number of allylic oxidation sites excluding steroid dienone is 9. The molecule has 0 aromatic carbocycles. The van der Waals surface area contributed by atoms with E-state index in [4.69, 9.17) is 5.11 Å². The molecule has 0 aliphatic heterocycles. The summed E-state index contributed by atoms with van der Waals surface area (Å²) < 4.78 is 0. The van der Waals surface area contributed by atoms with Crippen LogP contribution >= 0.6 is 0 Å². The van der Waals surface area contributed by atoms with Crippen molar-refractivity contribution in [2.45, 2.75) is 12.8 Å². The van der Waals surface area contributed by atoms with E-state index in [1.807, 2.05) is 48.6 Å². The Bertz CT molecular complexity index is 351. The summed E-state index contributed by atoms with van der Waals surface area (Å²) in [5.41, 5.74) is 2.63. The molecule has 0 heterocycles. The normalized spacial score (nSPS) is 11.8. The van der Waals surface area contributed by atoms with Crippen molar-refractivity contribution < 1.29 is 9.90 Å². The highest BCUT2D eigenvalue weighted by atomic mass is 16.4. The lowest BCUT2D eigenvalue weighted by molar-refractivity contribution is -0.136. The number of hydrogen-bond donors (Lipinski definition) is 1. The molecule has 0 amide bonds. The lowest BCUT2D eigenvalue weighted by Gasteiger charge is -1.84. The van der Waals surface area contributed by atoms with E-state index in [0.29, 0.717) is 6.42 Å². The highest BCUT2D eigenvalue weighted by Crippen LogP contribution is 1.91. The second kappa shape index (κ2) is 11.0. The highest BCUT2D eigenvalue weighted by molar-refractivity contribution is 5.66. The minimum atomic E-state index is -0.770. The van der Waals surface area contributed by atoms with E-state index in [9.17, 15) is 4.79 Å². The van der Waals surface area contributed by atoms with E-state index in [2.05, 4.69) is 12.3 Å². The maximum absolute atomic E-state index is 10.2. The summed E-state index contributed by atoms with van der Waals surface area (Å²) in [7, 11) is 0. The number of rotatable bonds is 7. The van der Waals surface area contributed by atoms with Gasteiger partial charge in [0.1, 0.15) is 0 Å². The molecular weight excluding hydrogens is 200 g/mol. The predicted octanol–water partition coefficient (Wildman–Crippen LogP) is 3.42. The number of aliphatic carboxylic acids is 1. The van der Waals surface area contributed by atoms with Gasteiger partial charge in [-0.05, 0) is 12.5 Å². The first-order valence-electron chi connectivity index (χ1n) is 5.00. The summed E-state index contributed by atoms with van der Waals surface area (Å²) in [5, 5.41) is 8.37. The summed E-state index contributed by atoms with van der Waals surface area (Å²) in [6.45, 7) is 3.43. The fourth-order valence-corrected chi connectivity index (χ4v) is 0.826. The topological polar surface area (TPSA) is 37.3 Å². The van der Waals surface area contributed by atoms with Crippen LogP contribution in [0.1, 0.15) is 12.8 Å². The third-order valence-electron chi connectivity index (χ3n) is 1.54. The second-order valence-corrected chi connectivity index (χ2v) is 2.89. The van der Waals surface area contributed by atoms with Gasteiger partial charge in [0.25, 0.3) is 0 Å². The van der Waals surface area contributed by atoms with Crippen molar-refractivity contribution in [3.05, 3.63) is 67.0 Å². The maximum Gasteiger partial charge on any atom is 0.303 e. The van der Waals surface area contributed by atoms with Gasteiger partial charge in [-0.2, -0.15) is 0 Å². The van der Waals surface area contributed by atoms with Crippen molar-refractivity contribution in [1.29, 1.82) is 0 Å². The zero-order valence-electron chi connectivity index (χ0n) is 9.17. The summed E-state index contributed by atoms with van der Waals surface area (Å²) in [6, 6.07) is 0. The van der Waals surface area contributed by atoms with E-state index < -0.39 is 5.97 Å². The molecule has 0 saturated heterocycles. The molecular formula is C14H16O2. The average molecular weight is 216 g/mol. The minimum absolute atomic E-state index is 0.177. The lowest BCUT2D eigenvalue weighted by Crippen LogP contribution is -1.91. The number of hydrogen-bond acceptors (Lipinski definition) is 1. The van der Waals surface area contributed by atoms with Gasteiger partial charge < -0.3 is 5.11 Å². The van der Waals surface area contributed by atoms with Crippen molar-refractivity contribution in [3.63, 3.8) is 0 Å². The molecule has 1 N–H and O–H groups in total. The van der Waals surface area contributed by atoms with Gasteiger partial charge in [-0.1, -0.05) is 55.2 Å². The molecule has 84 valence electrons. The highest BCUT2D eigenvalue weighted by Gasteiger charge is 1.90. The zero-order chi connectivity index (χ0) is 12.1. The number of carbonyl (C=O) groups is 1. The van der Waals surface area contributed by atoms with Gasteiger partial charge in [-0.15, -0.1) is 5.73 Å². The first-order valence-corrected chi connectivity index (χ1v) is 5.00. The Morgan fingerprint density at radius 2 is 1.62 bits per heavy atom. The molecule has 0 spiro atoms. The standard InChI is InChI=1S/C14H16O2/c1-2-3-4-5-6-7-8-9-10-11-12-13-14(15)16/h3-11H,1,12-13H2,(H,15,16)/b5-4+,7-6+,9-8+,11-10+. The Kier molecular flexibility index (Phi) is 9.61. The van der Waals surface area contributed by atoms with Gasteiger partial charge in [0.2, 0.25) is 0 Å². The number of carboxylic acid groups (broad SMARTS) is 1. The Hall–Kier alpha value is -2.05. The van der Waals surface area contributed by atoms with Gasteiger partial charge in [0, 0.05) is 6.42 Å². The first-order chi connectivity index (χ1) is 7.77. The van der Waals surface area contributed by atoms with Crippen molar-refractivity contribution >= 4 is 5.97 Å². The van der Waals surface area contributed by atoms with Gasteiger partial charge in [-0.3, -0.25) is 4.79 Å². The largest absolute Gasteiger partial charge is 0.481 e. The van der Waals surface area contributed by atoms with E-state index in [1.54, 1.807) is 6.08 Å². The fraction of sp³-hybridized carbons (Fsp3) is 0.143. The van der Waals surface area contributed by atoms with Gasteiger partial charge in [0.15, 0.2) is 0 Å². The Morgan fingerprint density at radius 1 is 1.06 bits per heavy atom. The SMILES string of the molecule is C=C=C/C=C/C=C/C=C/C=C/CCC(=O)O. The summed E-state index contributed by atoms with van der Waals surface area (Å²) in [5.74, 6) is -0.770. The third-order valence-corrected chi connectivity index (χ3v) is 1.54. The van der Waals surface area contributed by atoms with Crippen LogP contribution in [0.2, 0.25) is 0 Å². The zero-order valence-corrected chi connectivity index (χ0v) is 9.17. The summed E-state index contributed by atoms with van der Waals surface area (Å²) >= 11 is 0. The van der Waals surface area contributed by atoms with E-state index in [1.165, 1.54) is 0 Å². The monoisotopic (exact) mass is 216 g/mol. The quantitative estimate of drug-likeness (QED) is 0.523. The fourth-order valence-electron chi connectivity index (χ4n) is 0.826. The van der Waals surface area contributed by atoms with Crippen molar-refractivity contribution in [1.82, 2.24) is 0 Å². The van der Waals surface area contributed by atoms with Gasteiger partial charge in [0.05, 0.1) is 0 Å². The third kappa shape index (κ3) is 12.0. The second-order valence-electron chi connectivity index (χ2n) is 2.89. The van der Waals surface area contributed by atoms with Gasteiger partial charge >= 0.3 is 5.97 Å².